The van der Waals surface area contributed by atoms with E-state index in [0.717, 1.165) is 22.3 Å². The molecule has 1 aromatic carbocycles. The number of benzene rings is 1. The summed E-state index contributed by atoms with van der Waals surface area (Å²) in [5.41, 5.74) is -1.18. The van der Waals surface area contributed by atoms with Crippen molar-refractivity contribution >= 4 is 16.6 Å². The largest absolute Gasteiger partial charge is 0.456 e. The number of allylic oxidation sites excluding steroid dienone is 4. The van der Waals surface area contributed by atoms with Gasteiger partial charge in [-0.05, 0) is 85.3 Å². The number of carbonyl (C=O) groups excluding carboxylic acids is 1. The number of carbonyl (C=O) groups is 1. The highest BCUT2D eigenvalue weighted by atomic mass is 32.2. The first-order valence-corrected chi connectivity index (χ1v) is 13.8. The maximum atomic E-state index is 15.0. The summed E-state index contributed by atoms with van der Waals surface area (Å²) in [5, 5.41) is 11.3. The Bertz CT molecular complexity index is 1180. The molecule has 4 aliphatic carbocycles. The van der Waals surface area contributed by atoms with Gasteiger partial charge in [0.2, 0.25) is 0 Å². The molecule has 196 valence electrons. The SMILES string of the molecule is CS(=O)c1ccc([C@H]2C[C@@]3(C)[C@@H](CC[C@]3(O)C(F)(F)C(F)(F)F)[C@@H]3CCC4=CC(=O)CCC4=C32)cc1. The lowest BCUT2D eigenvalue weighted by Gasteiger charge is -2.56. The molecule has 0 heterocycles. The van der Waals surface area contributed by atoms with Crippen molar-refractivity contribution in [3.05, 3.63) is 52.6 Å². The van der Waals surface area contributed by atoms with Gasteiger partial charge in [0.25, 0.3) is 0 Å². The maximum absolute atomic E-state index is 15.0. The van der Waals surface area contributed by atoms with E-state index >= 15 is 0 Å². The lowest BCUT2D eigenvalue weighted by atomic mass is 9.50. The zero-order valence-electron chi connectivity index (χ0n) is 20.1. The fraction of sp³-hybridized carbons (Fsp3) is 0.593. The first-order valence-electron chi connectivity index (χ1n) is 12.3. The second-order valence-electron chi connectivity index (χ2n) is 11.0. The van der Waals surface area contributed by atoms with Crippen LogP contribution in [0.1, 0.15) is 63.4 Å². The maximum Gasteiger partial charge on any atom is 0.456 e. The van der Waals surface area contributed by atoms with Crippen LogP contribution in [-0.4, -0.2) is 39.1 Å². The molecule has 0 aliphatic heterocycles. The zero-order valence-corrected chi connectivity index (χ0v) is 20.9. The molecule has 2 saturated carbocycles. The molecular formula is C27H29F5O3S. The fourth-order valence-electron chi connectivity index (χ4n) is 7.61. The quantitative estimate of drug-likeness (QED) is 0.472. The van der Waals surface area contributed by atoms with Gasteiger partial charge in [-0.3, -0.25) is 9.00 Å². The minimum absolute atomic E-state index is 0.0415. The van der Waals surface area contributed by atoms with Crippen LogP contribution in [0.2, 0.25) is 0 Å². The second kappa shape index (κ2) is 8.32. The fourth-order valence-corrected chi connectivity index (χ4v) is 8.13. The Labute approximate surface area is 209 Å². The number of hydrogen-bond donors (Lipinski definition) is 1. The smallest absolute Gasteiger partial charge is 0.383 e. The summed E-state index contributed by atoms with van der Waals surface area (Å²) in [6, 6.07) is 6.90. The first kappa shape index (κ1) is 25.8. The predicted octanol–water partition coefficient (Wildman–Crippen LogP) is 6.25. The molecule has 0 radical (unpaired) electrons. The molecule has 5 rings (SSSR count). The molecule has 0 saturated heterocycles. The zero-order chi connectivity index (χ0) is 26.3. The number of alkyl halides is 5. The van der Waals surface area contributed by atoms with Crippen molar-refractivity contribution in [1.82, 2.24) is 0 Å². The molecule has 0 spiro atoms. The molecule has 4 aliphatic rings. The van der Waals surface area contributed by atoms with E-state index in [-0.39, 0.29) is 24.5 Å². The van der Waals surface area contributed by atoms with E-state index in [4.69, 9.17) is 0 Å². The lowest BCUT2D eigenvalue weighted by Crippen LogP contribution is -2.65. The Kier molecular flexibility index (Phi) is 5.95. The van der Waals surface area contributed by atoms with Gasteiger partial charge in [-0.15, -0.1) is 0 Å². The van der Waals surface area contributed by atoms with Crippen molar-refractivity contribution in [2.75, 3.05) is 6.26 Å². The minimum atomic E-state index is -5.87. The number of rotatable bonds is 3. The molecule has 9 heteroatoms. The van der Waals surface area contributed by atoms with Gasteiger partial charge in [-0.25, -0.2) is 0 Å². The average molecular weight is 529 g/mol. The summed E-state index contributed by atoms with van der Waals surface area (Å²) in [4.78, 5) is 12.7. The molecule has 1 aromatic rings. The van der Waals surface area contributed by atoms with Crippen LogP contribution >= 0.6 is 0 Å². The van der Waals surface area contributed by atoms with Gasteiger partial charge in [-0.2, -0.15) is 22.0 Å². The van der Waals surface area contributed by atoms with Crippen molar-refractivity contribution in [2.45, 2.75) is 80.4 Å². The molecule has 0 bridgehead atoms. The third kappa shape index (κ3) is 3.51. The number of halogens is 5. The summed E-state index contributed by atoms with van der Waals surface area (Å²) in [6.45, 7) is 1.41. The number of fused-ring (bicyclic) bond motifs is 4. The van der Waals surface area contributed by atoms with E-state index < -0.39 is 52.2 Å². The predicted molar refractivity (Wildman–Crippen MR) is 125 cm³/mol. The van der Waals surface area contributed by atoms with E-state index in [2.05, 4.69) is 0 Å². The Morgan fingerprint density at radius 1 is 1.03 bits per heavy atom. The van der Waals surface area contributed by atoms with Crippen LogP contribution in [0.15, 0.2) is 52.0 Å². The van der Waals surface area contributed by atoms with Crippen LogP contribution < -0.4 is 0 Å². The third-order valence-electron chi connectivity index (χ3n) is 9.38. The van der Waals surface area contributed by atoms with E-state index in [1.54, 1.807) is 30.3 Å². The minimum Gasteiger partial charge on any atom is -0.383 e. The van der Waals surface area contributed by atoms with Gasteiger partial charge >= 0.3 is 12.1 Å². The molecule has 36 heavy (non-hydrogen) atoms. The Balaban J connectivity index is 1.69. The number of aliphatic hydroxyl groups is 1. The second-order valence-corrected chi connectivity index (χ2v) is 12.4. The van der Waals surface area contributed by atoms with Gasteiger partial charge in [0.05, 0.1) is 0 Å². The van der Waals surface area contributed by atoms with E-state index in [0.29, 0.717) is 30.6 Å². The van der Waals surface area contributed by atoms with Crippen LogP contribution in [0.3, 0.4) is 0 Å². The van der Waals surface area contributed by atoms with Crippen LogP contribution in [0.25, 0.3) is 0 Å². The Morgan fingerprint density at radius 3 is 2.31 bits per heavy atom. The van der Waals surface area contributed by atoms with Gasteiger partial charge in [-0.1, -0.05) is 24.6 Å². The van der Waals surface area contributed by atoms with E-state index in [1.165, 1.54) is 13.2 Å². The van der Waals surface area contributed by atoms with E-state index in [9.17, 15) is 36.1 Å². The molecule has 0 amide bonds. The highest BCUT2D eigenvalue weighted by Gasteiger charge is 2.79. The lowest BCUT2D eigenvalue weighted by molar-refractivity contribution is -0.362. The summed E-state index contributed by atoms with van der Waals surface area (Å²) in [6.07, 6.45) is -1.31. The highest BCUT2D eigenvalue weighted by Crippen LogP contribution is 2.70. The Hall–Kier alpha value is -1.87. The highest BCUT2D eigenvalue weighted by molar-refractivity contribution is 7.84. The Morgan fingerprint density at radius 2 is 1.69 bits per heavy atom. The average Bonchev–Trinajstić information content (AvgIpc) is 3.09. The number of hydrogen-bond acceptors (Lipinski definition) is 3. The summed E-state index contributed by atoms with van der Waals surface area (Å²) in [5.74, 6) is -6.49. The summed E-state index contributed by atoms with van der Waals surface area (Å²) >= 11 is 0. The number of ketones is 1. The van der Waals surface area contributed by atoms with E-state index in [1.807, 2.05) is 0 Å². The molecule has 1 N–H and O–H groups in total. The standard InChI is InChI=1S/C27H29F5O3S/c1-24-14-21(15-3-7-18(8-4-15)36(2)35)23-19-10-6-17(33)13-16(19)5-9-20(23)22(24)11-12-25(24,34)26(28,29)27(30,31)32/h3-4,7-8,13,20-22,34H,5-6,9-12,14H2,1-2H3/t20-,21+,22-,24-,25+,36?/m0/s1. The molecular weight excluding hydrogens is 499 g/mol. The summed E-state index contributed by atoms with van der Waals surface area (Å²) < 4.78 is 82.7. The first-order chi connectivity index (χ1) is 16.7. The van der Waals surface area contributed by atoms with Gasteiger partial charge < -0.3 is 5.11 Å². The third-order valence-corrected chi connectivity index (χ3v) is 10.3. The molecule has 0 aromatic heterocycles. The monoisotopic (exact) mass is 528 g/mol. The van der Waals surface area contributed by atoms with Gasteiger partial charge in [0.1, 0.15) is 5.60 Å². The molecule has 3 nitrogen and oxygen atoms in total. The van der Waals surface area contributed by atoms with Crippen LogP contribution in [-0.2, 0) is 15.6 Å². The van der Waals surface area contributed by atoms with Crippen LogP contribution in [0.5, 0.6) is 0 Å². The van der Waals surface area contributed by atoms with Crippen molar-refractivity contribution < 1.29 is 36.1 Å². The van der Waals surface area contributed by atoms with Crippen molar-refractivity contribution in [2.24, 2.45) is 17.3 Å². The van der Waals surface area contributed by atoms with Crippen LogP contribution in [0, 0.1) is 17.3 Å². The molecule has 2 fully saturated rings. The van der Waals surface area contributed by atoms with Crippen molar-refractivity contribution in [3.8, 4) is 0 Å². The van der Waals surface area contributed by atoms with Crippen molar-refractivity contribution in [1.29, 1.82) is 0 Å². The molecule has 1 unspecified atom stereocenters. The topological polar surface area (TPSA) is 54.4 Å². The molecule has 6 atom stereocenters. The van der Waals surface area contributed by atoms with Crippen LogP contribution in [0.4, 0.5) is 22.0 Å². The van der Waals surface area contributed by atoms with Gasteiger partial charge in [0, 0.05) is 39.7 Å². The normalized spacial score (nSPS) is 35.6. The summed E-state index contributed by atoms with van der Waals surface area (Å²) in [7, 11) is -1.23. The van der Waals surface area contributed by atoms with Crippen molar-refractivity contribution in [3.63, 3.8) is 0 Å². The van der Waals surface area contributed by atoms with Gasteiger partial charge in [0.15, 0.2) is 5.78 Å².